The number of rotatable bonds is 7. The van der Waals surface area contributed by atoms with Crippen LogP contribution in [0.25, 0.3) is 11.1 Å². The number of nitrogens with zero attached hydrogens (tertiary/aromatic N) is 4. The summed E-state index contributed by atoms with van der Waals surface area (Å²) in [7, 11) is 0. The first-order valence-corrected chi connectivity index (χ1v) is 13.0. The molecule has 10 nitrogen and oxygen atoms in total. The second kappa shape index (κ2) is 11.0. The molecule has 5 heterocycles. The van der Waals surface area contributed by atoms with Crippen molar-refractivity contribution in [3.8, 4) is 0 Å². The molecule has 0 aliphatic carbocycles. The number of likely N-dealkylation sites (tertiary alicyclic amines) is 1. The van der Waals surface area contributed by atoms with Gasteiger partial charge in [0.15, 0.2) is 5.58 Å². The third-order valence-electron chi connectivity index (χ3n) is 7.21. The Bertz CT molecular complexity index is 1330. The van der Waals surface area contributed by atoms with E-state index in [4.69, 9.17) is 20.6 Å². The van der Waals surface area contributed by atoms with Gasteiger partial charge in [-0.2, -0.15) is 13.2 Å². The minimum absolute atomic E-state index is 0.0486. The average Bonchev–Trinajstić information content (AvgIpc) is 3.46. The number of pyridine rings is 2. The van der Waals surface area contributed by atoms with Crippen LogP contribution in [-0.4, -0.2) is 71.9 Å². The summed E-state index contributed by atoms with van der Waals surface area (Å²) in [5.41, 5.74) is 14.3. The molecule has 210 valence electrons. The third-order valence-corrected chi connectivity index (χ3v) is 7.21. The zero-order chi connectivity index (χ0) is 27.7. The Kier molecular flexibility index (Phi) is 7.65. The van der Waals surface area contributed by atoms with Crippen molar-refractivity contribution >= 4 is 34.3 Å². The SMILES string of the molecule is CCOC1CCN(Cc2cnc3c(C(=O)Nc4cnccc4N4C[C@@H](N)C[C@@H](C(F)(F)F)C4)c(N)oc3c2)C1. The van der Waals surface area contributed by atoms with Crippen LogP contribution in [0, 0.1) is 5.92 Å². The highest BCUT2D eigenvalue weighted by atomic mass is 19.4. The summed E-state index contributed by atoms with van der Waals surface area (Å²) in [6.07, 6.45) is 1.19. The van der Waals surface area contributed by atoms with Gasteiger partial charge in [-0.3, -0.25) is 19.7 Å². The van der Waals surface area contributed by atoms with Gasteiger partial charge in [0.25, 0.3) is 5.91 Å². The number of nitrogens with one attached hydrogen (secondary N) is 1. The summed E-state index contributed by atoms with van der Waals surface area (Å²) in [5.74, 6) is -2.28. The van der Waals surface area contributed by atoms with Crippen LogP contribution >= 0.6 is 0 Å². The highest BCUT2D eigenvalue weighted by molar-refractivity contribution is 6.15. The maximum absolute atomic E-state index is 13.5. The number of carbonyl (C=O) groups excluding carboxylic acids is 1. The van der Waals surface area contributed by atoms with Crippen LogP contribution in [0.3, 0.4) is 0 Å². The number of anilines is 3. The van der Waals surface area contributed by atoms with Crippen LogP contribution in [0.4, 0.5) is 30.4 Å². The highest BCUT2D eigenvalue weighted by Gasteiger charge is 2.44. The number of fused-ring (bicyclic) bond motifs is 1. The molecule has 3 atom stereocenters. The predicted molar refractivity (Wildman–Crippen MR) is 140 cm³/mol. The largest absolute Gasteiger partial charge is 0.438 e. The van der Waals surface area contributed by atoms with Gasteiger partial charge in [0.05, 0.1) is 29.6 Å². The summed E-state index contributed by atoms with van der Waals surface area (Å²) in [5, 5.41) is 2.73. The molecular formula is C26H32F3N7O3. The Morgan fingerprint density at radius 2 is 2.10 bits per heavy atom. The number of nitrogens with two attached hydrogens (primary N) is 2. The van der Waals surface area contributed by atoms with Crippen molar-refractivity contribution in [1.29, 1.82) is 0 Å². The first-order chi connectivity index (χ1) is 18.6. The fourth-order valence-corrected chi connectivity index (χ4v) is 5.43. The molecule has 0 saturated carbocycles. The first kappa shape index (κ1) is 27.2. The molecule has 3 aromatic heterocycles. The molecule has 2 fully saturated rings. The summed E-state index contributed by atoms with van der Waals surface area (Å²) < 4.78 is 51.8. The van der Waals surface area contributed by atoms with E-state index in [1.807, 2.05) is 13.0 Å². The zero-order valence-corrected chi connectivity index (χ0v) is 21.6. The monoisotopic (exact) mass is 547 g/mol. The van der Waals surface area contributed by atoms with E-state index in [-0.39, 0.29) is 42.7 Å². The second-order valence-electron chi connectivity index (χ2n) is 10.1. The molecular weight excluding hydrogens is 515 g/mol. The molecule has 0 bridgehead atoms. The third kappa shape index (κ3) is 5.94. The topological polar surface area (TPSA) is 136 Å². The number of halogens is 3. The number of ether oxygens (including phenoxy) is 1. The number of amides is 1. The Hall–Kier alpha value is -3.42. The number of hydrogen-bond donors (Lipinski definition) is 3. The summed E-state index contributed by atoms with van der Waals surface area (Å²) in [4.78, 5) is 25.6. The smallest absolute Gasteiger partial charge is 0.393 e. The number of aromatic nitrogens is 2. The molecule has 3 aromatic rings. The Labute approximate surface area is 223 Å². The van der Waals surface area contributed by atoms with E-state index in [1.165, 1.54) is 17.3 Å². The Morgan fingerprint density at radius 1 is 1.28 bits per heavy atom. The summed E-state index contributed by atoms with van der Waals surface area (Å²) in [6.45, 7) is 5.01. The van der Waals surface area contributed by atoms with E-state index in [2.05, 4.69) is 20.2 Å². The lowest BCUT2D eigenvalue weighted by Crippen LogP contribution is -2.51. The maximum Gasteiger partial charge on any atom is 0.393 e. The van der Waals surface area contributed by atoms with Crippen molar-refractivity contribution in [2.24, 2.45) is 11.7 Å². The summed E-state index contributed by atoms with van der Waals surface area (Å²) >= 11 is 0. The quantitative estimate of drug-likeness (QED) is 0.407. The molecule has 0 aromatic carbocycles. The van der Waals surface area contributed by atoms with Gasteiger partial charge >= 0.3 is 6.18 Å². The molecule has 2 saturated heterocycles. The standard InChI is InChI=1S/C26H32F3N7O3/c1-2-38-18-4-6-35(14-18)11-15-7-21-23(33-9-15)22(24(31)39-21)25(37)34-19-10-32-5-3-20(19)36-12-16(26(27,28)29)8-17(30)13-36/h3,5,7,9-10,16-18H,2,4,6,8,11-14,30-31H2,1H3,(H,34,37)/t16-,17+,18?/m1/s1. The molecule has 13 heteroatoms. The van der Waals surface area contributed by atoms with Gasteiger partial charge in [-0.15, -0.1) is 0 Å². The fourth-order valence-electron chi connectivity index (χ4n) is 5.43. The molecule has 0 radical (unpaired) electrons. The molecule has 5 N–H and O–H groups in total. The normalized spacial score (nSPS) is 22.5. The minimum Gasteiger partial charge on any atom is -0.438 e. The van der Waals surface area contributed by atoms with Gasteiger partial charge in [0.2, 0.25) is 5.88 Å². The average molecular weight is 548 g/mol. The van der Waals surface area contributed by atoms with Crippen molar-refractivity contribution in [1.82, 2.24) is 14.9 Å². The predicted octanol–water partition coefficient (Wildman–Crippen LogP) is 3.38. The van der Waals surface area contributed by atoms with Crippen molar-refractivity contribution in [2.75, 3.05) is 48.7 Å². The Morgan fingerprint density at radius 3 is 2.87 bits per heavy atom. The first-order valence-electron chi connectivity index (χ1n) is 13.0. The molecule has 2 aliphatic rings. The lowest BCUT2D eigenvalue weighted by atomic mass is 9.93. The number of alkyl halides is 3. The van der Waals surface area contributed by atoms with E-state index in [0.29, 0.717) is 29.9 Å². The van der Waals surface area contributed by atoms with Crippen LogP contribution in [0.5, 0.6) is 0 Å². The van der Waals surface area contributed by atoms with Crippen molar-refractivity contribution in [3.63, 3.8) is 0 Å². The molecule has 1 unspecified atom stereocenters. The molecule has 1 amide bonds. The number of piperidine rings is 1. The van der Waals surface area contributed by atoms with Crippen molar-refractivity contribution in [3.05, 3.63) is 41.9 Å². The number of hydrogen-bond acceptors (Lipinski definition) is 9. The second-order valence-corrected chi connectivity index (χ2v) is 10.1. The van der Waals surface area contributed by atoms with Gasteiger partial charge < -0.3 is 30.8 Å². The van der Waals surface area contributed by atoms with Gasteiger partial charge in [-0.1, -0.05) is 0 Å². The van der Waals surface area contributed by atoms with Crippen molar-refractivity contribution in [2.45, 2.75) is 44.6 Å². The maximum atomic E-state index is 13.5. The lowest BCUT2D eigenvalue weighted by molar-refractivity contribution is -0.177. The number of carbonyl (C=O) groups is 1. The summed E-state index contributed by atoms with van der Waals surface area (Å²) in [6, 6.07) is 2.70. The molecule has 2 aliphatic heterocycles. The minimum atomic E-state index is -4.37. The van der Waals surface area contributed by atoms with Crippen molar-refractivity contribution < 1.29 is 27.1 Å². The van der Waals surface area contributed by atoms with E-state index in [9.17, 15) is 18.0 Å². The van der Waals surface area contributed by atoms with Crippen LogP contribution in [0.1, 0.15) is 35.7 Å². The molecule has 5 rings (SSSR count). The highest BCUT2D eigenvalue weighted by Crippen LogP contribution is 2.37. The van der Waals surface area contributed by atoms with Crippen LogP contribution < -0.4 is 21.7 Å². The number of furan rings is 1. The van der Waals surface area contributed by atoms with Gasteiger partial charge in [-0.25, -0.2) is 0 Å². The van der Waals surface area contributed by atoms with E-state index in [0.717, 1.165) is 25.1 Å². The fraction of sp³-hybridized carbons (Fsp3) is 0.500. The van der Waals surface area contributed by atoms with E-state index < -0.39 is 24.0 Å². The molecule has 0 spiro atoms. The molecule has 39 heavy (non-hydrogen) atoms. The van der Waals surface area contributed by atoms with Gasteiger partial charge in [-0.05, 0) is 37.5 Å². The van der Waals surface area contributed by atoms with E-state index in [1.54, 1.807) is 12.3 Å². The van der Waals surface area contributed by atoms with Crippen LogP contribution in [-0.2, 0) is 11.3 Å². The van der Waals surface area contributed by atoms with Crippen LogP contribution in [0.2, 0.25) is 0 Å². The Balaban J connectivity index is 1.34. The van der Waals surface area contributed by atoms with E-state index >= 15 is 0 Å². The van der Waals surface area contributed by atoms with Crippen LogP contribution in [0.15, 0.2) is 35.1 Å². The lowest BCUT2D eigenvalue weighted by Gasteiger charge is -2.39. The van der Waals surface area contributed by atoms with Gasteiger partial charge in [0, 0.05) is 57.8 Å². The zero-order valence-electron chi connectivity index (χ0n) is 21.6. The van der Waals surface area contributed by atoms with Gasteiger partial charge in [0.1, 0.15) is 11.1 Å². The number of nitrogen functional groups attached to an aromatic ring is 1.